The van der Waals surface area contributed by atoms with Crippen molar-refractivity contribution >= 4 is 11.6 Å². The Morgan fingerprint density at radius 2 is 2.25 bits per heavy atom. The van der Waals surface area contributed by atoms with Crippen molar-refractivity contribution < 1.29 is 9.53 Å². The molecule has 0 bridgehead atoms. The monoisotopic (exact) mass is 275 g/mol. The molecule has 0 spiro atoms. The molecule has 1 aliphatic rings. The van der Waals surface area contributed by atoms with Crippen LogP contribution < -0.4 is 5.32 Å². The molecule has 1 aromatic carbocycles. The minimum atomic E-state index is 0.108. The predicted molar refractivity (Wildman–Crippen MR) is 82.1 cm³/mol. The van der Waals surface area contributed by atoms with Gasteiger partial charge in [0.25, 0.3) is 0 Å². The Labute approximate surface area is 121 Å². The number of ether oxygens (including phenoxy) is 1. The minimum absolute atomic E-state index is 0.108. The molecule has 0 saturated carbocycles. The van der Waals surface area contributed by atoms with Gasteiger partial charge in [-0.25, -0.2) is 0 Å². The second kappa shape index (κ2) is 6.89. The van der Waals surface area contributed by atoms with Gasteiger partial charge in [-0.15, -0.1) is 0 Å². The first-order chi connectivity index (χ1) is 9.58. The van der Waals surface area contributed by atoms with Crippen LogP contribution in [0.4, 0.5) is 5.69 Å². The molecule has 1 N–H and O–H groups in total. The molecule has 1 aromatic rings. The van der Waals surface area contributed by atoms with Gasteiger partial charge in [0.1, 0.15) is 0 Å². The number of rotatable bonds is 4. The van der Waals surface area contributed by atoms with Crippen LogP contribution >= 0.6 is 0 Å². The Morgan fingerprint density at radius 1 is 1.45 bits per heavy atom. The number of hydrogen-bond donors (Lipinski definition) is 1. The Hall–Kier alpha value is -1.35. The quantitative estimate of drug-likeness (QED) is 0.905. The van der Waals surface area contributed by atoms with Gasteiger partial charge in [-0.1, -0.05) is 32.0 Å². The van der Waals surface area contributed by atoms with E-state index in [0.717, 1.165) is 37.3 Å². The molecule has 1 unspecified atom stereocenters. The Bertz CT molecular complexity index is 462. The van der Waals surface area contributed by atoms with E-state index in [1.165, 1.54) is 5.56 Å². The molecule has 1 amide bonds. The van der Waals surface area contributed by atoms with Crippen LogP contribution in [0.1, 0.15) is 50.2 Å². The lowest BCUT2D eigenvalue weighted by Crippen LogP contribution is -2.24. The Kier molecular flexibility index (Phi) is 5.18. The summed E-state index contributed by atoms with van der Waals surface area (Å²) in [5.74, 6) is 0.884. The van der Waals surface area contributed by atoms with Gasteiger partial charge in [0.05, 0.1) is 0 Å². The van der Waals surface area contributed by atoms with Crippen molar-refractivity contribution in [3.05, 3.63) is 29.3 Å². The van der Waals surface area contributed by atoms with Crippen LogP contribution in [-0.2, 0) is 9.53 Å². The van der Waals surface area contributed by atoms with Crippen molar-refractivity contribution in [3.8, 4) is 0 Å². The average molecular weight is 275 g/mol. The molecule has 1 fully saturated rings. The van der Waals surface area contributed by atoms with E-state index in [9.17, 15) is 4.79 Å². The van der Waals surface area contributed by atoms with Crippen LogP contribution in [0.2, 0.25) is 0 Å². The number of carbonyl (C=O) groups excluding carboxylic acids is 1. The number of para-hydroxylation sites is 1. The average Bonchev–Trinajstić information content (AvgIpc) is 2.42. The summed E-state index contributed by atoms with van der Waals surface area (Å²) in [6, 6.07) is 6.19. The Morgan fingerprint density at radius 3 is 2.90 bits per heavy atom. The van der Waals surface area contributed by atoms with E-state index in [0.29, 0.717) is 18.3 Å². The second-order valence-corrected chi connectivity index (χ2v) is 6.03. The fourth-order valence-electron chi connectivity index (χ4n) is 2.76. The molecule has 110 valence electrons. The molecule has 20 heavy (non-hydrogen) atoms. The number of hydrogen-bond acceptors (Lipinski definition) is 2. The van der Waals surface area contributed by atoms with Crippen molar-refractivity contribution in [2.45, 2.75) is 46.0 Å². The molecule has 0 aliphatic carbocycles. The van der Waals surface area contributed by atoms with E-state index in [1.807, 2.05) is 13.0 Å². The summed E-state index contributed by atoms with van der Waals surface area (Å²) in [7, 11) is 0. The third kappa shape index (κ3) is 3.83. The summed E-state index contributed by atoms with van der Waals surface area (Å²) in [6.07, 6.45) is 2.73. The maximum Gasteiger partial charge on any atom is 0.224 e. The summed E-state index contributed by atoms with van der Waals surface area (Å²) in [6.45, 7) is 7.91. The molecule has 2 rings (SSSR count). The van der Waals surface area contributed by atoms with Gasteiger partial charge in [-0.3, -0.25) is 4.79 Å². The lowest BCUT2D eigenvalue weighted by atomic mass is 9.96. The second-order valence-electron chi connectivity index (χ2n) is 6.03. The summed E-state index contributed by atoms with van der Waals surface area (Å²) in [5.41, 5.74) is 3.33. The van der Waals surface area contributed by atoms with Crippen molar-refractivity contribution in [2.24, 2.45) is 5.92 Å². The normalized spacial score (nSPS) is 19.1. The minimum Gasteiger partial charge on any atom is -0.381 e. The van der Waals surface area contributed by atoms with E-state index in [2.05, 4.69) is 31.3 Å². The molecular weight excluding hydrogens is 250 g/mol. The number of anilines is 1. The molecular formula is C17H25NO2. The molecule has 1 saturated heterocycles. The first-order valence-electron chi connectivity index (χ1n) is 7.55. The molecule has 0 aromatic heterocycles. The third-order valence-electron chi connectivity index (χ3n) is 3.92. The van der Waals surface area contributed by atoms with Gasteiger partial charge in [0, 0.05) is 25.3 Å². The van der Waals surface area contributed by atoms with Crippen molar-refractivity contribution in [3.63, 3.8) is 0 Å². The van der Waals surface area contributed by atoms with Crippen LogP contribution in [0.5, 0.6) is 0 Å². The standard InChI is InChI=1S/C17H25NO2/c1-12(2)15-8-4-6-13(3)17(15)18-16(19)10-14-7-5-9-20-11-14/h4,6,8,12,14H,5,7,9-11H2,1-3H3,(H,18,19). The van der Waals surface area contributed by atoms with Crippen molar-refractivity contribution in [1.29, 1.82) is 0 Å². The van der Waals surface area contributed by atoms with Crippen molar-refractivity contribution in [2.75, 3.05) is 18.5 Å². The van der Waals surface area contributed by atoms with Gasteiger partial charge in [0.15, 0.2) is 0 Å². The summed E-state index contributed by atoms with van der Waals surface area (Å²) in [4.78, 5) is 12.2. The lowest BCUT2D eigenvalue weighted by molar-refractivity contribution is -0.118. The van der Waals surface area contributed by atoms with E-state index < -0.39 is 0 Å². The zero-order valence-electron chi connectivity index (χ0n) is 12.7. The molecule has 0 radical (unpaired) electrons. The van der Waals surface area contributed by atoms with E-state index in [1.54, 1.807) is 0 Å². The van der Waals surface area contributed by atoms with E-state index >= 15 is 0 Å². The first-order valence-corrected chi connectivity index (χ1v) is 7.55. The van der Waals surface area contributed by atoms with Gasteiger partial charge >= 0.3 is 0 Å². The van der Waals surface area contributed by atoms with E-state index in [-0.39, 0.29) is 5.91 Å². The highest BCUT2D eigenvalue weighted by Crippen LogP contribution is 2.28. The van der Waals surface area contributed by atoms with Gasteiger partial charge in [0.2, 0.25) is 5.91 Å². The zero-order valence-corrected chi connectivity index (χ0v) is 12.7. The molecule has 1 aliphatic heterocycles. The lowest BCUT2D eigenvalue weighted by Gasteiger charge is -2.22. The van der Waals surface area contributed by atoms with Crippen LogP contribution in [-0.4, -0.2) is 19.1 Å². The topological polar surface area (TPSA) is 38.3 Å². The summed E-state index contributed by atoms with van der Waals surface area (Å²) in [5, 5.41) is 3.11. The largest absolute Gasteiger partial charge is 0.381 e. The number of nitrogens with one attached hydrogen (secondary N) is 1. The van der Waals surface area contributed by atoms with Gasteiger partial charge in [-0.2, -0.15) is 0 Å². The molecule has 1 heterocycles. The molecule has 3 heteroatoms. The summed E-state index contributed by atoms with van der Waals surface area (Å²) >= 11 is 0. The van der Waals surface area contributed by atoms with E-state index in [4.69, 9.17) is 4.74 Å². The van der Waals surface area contributed by atoms with Crippen LogP contribution in [0.25, 0.3) is 0 Å². The number of benzene rings is 1. The highest BCUT2D eigenvalue weighted by atomic mass is 16.5. The SMILES string of the molecule is Cc1cccc(C(C)C)c1NC(=O)CC1CCCOC1. The van der Waals surface area contributed by atoms with Crippen LogP contribution in [0, 0.1) is 12.8 Å². The fourth-order valence-corrected chi connectivity index (χ4v) is 2.76. The van der Waals surface area contributed by atoms with Gasteiger partial charge in [-0.05, 0) is 42.7 Å². The summed E-state index contributed by atoms with van der Waals surface area (Å²) < 4.78 is 5.44. The Balaban J connectivity index is 2.03. The molecule has 1 atom stereocenters. The highest BCUT2D eigenvalue weighted by molar-refractivity contribution is 5.92. The van der Waals surface area contributed by atoms with Crippen LogP contribution in [0.3, 0.4) is 0 Å². The number of carbonyl (C=O) groups is 1. The third-order valence-corrected chi connectivity index (χ3v) is 3.92. The first kappa shape index (κ1) is 15.0. The fraction of sp³-hybridized carbons (Fsp3) is 0.588. The molecule has 3 nitrogen and oxygen atoms in total. The van der Waals surface area contributed by atoms with Crippen molar-refractivity contribution in [1.82, 2.24) is 0 Å². The van der Waals surface area contributed by atoms with Crippen LogP contribution in [0.15, 0.2) is 18.2 Å². The van der Waals surface area contributed by atoms with Gasteiger partial charge < -0.3 is 10.1 Å². The number of aryl methyl sites for hydroxylation is 1. The smallest absolute Gasteiger partial charge is 0.224 e. The maximum atomic E-state index is 12.2. The zero-order chi connectivity index (χ0) is 14.5. The maximum absolute atomic E-state index is 12.2. The number of amides is 1. The predicted octanol–water partition coefficient (Wildman–Crippen LogP) is 3.87. The highest BCUT2D eigenvalue weighted by Gasteiger charge is 2.19.